The highest BCUT2D eigenvalue weighted by Crippen LogP contribution is 2.08. The van der Waals surface area contributed by atoms with Crippen LogP contribution in [0.25, 0.3) is 0 Å². The van der Waals surface area contributed by atoms with E-state index in [0.29, 0.717) is 17.4 Å². The fourth-order valence-electron chi connectivity index (χ4n) is 1.39. The molecule has 0 aliphatic carbocycles. The van der Waals surface area contributed by atoms with Crippen molar-refractivity contribution >= 4 is 17.4 Å². The van der Waals surface area contributed by atoms with Gasteiger partial charge in [0, 0.05) is 12.4 Å². The Bertz CT molecular complexity index is 583. The second-order valence-corrected chi connectivity index (χ2v) is 3.81. The Kier molecular flexibility index (Phi) is 3.36. The largest absolute Gasteiger partial charge is 0.347 e. The van der Waals surface area contributed by atoms with E-state index >= 15 is 0 Å². The number of hydrazine groups is 1. The summed E-state index contributed by atoms with van der Waals surface area (Å²) in [5.41, 5.74) is 2.96. The monoisotopic (exact) mass is 251 g/mol. The van der Waals surface area contributed by atoms with Gasteiger partial charge < -0.3 is 5.43 Å². The third kappa shape index (κ3) is 2.80. The topological polar surface area (TPSA) is 85.8 Å². The van der Waals surface area contributed by atoms with Crippen molar-refractivity contribution < 1.29 is 0 Å². The summed E-state index contributed by atoms with van der Waals surface area (Å²) in [4.78, 5) is 19.1. The summed E-state index contributed by atoms with van der Waals surface area (Å²) in [7, 11) is 0. The van der Waals surface area contributed by atoms with E-state index in [1.165, 1.54) is 17.0 Å². The van der Waals surface area contributed by atoms with Crippen LogP contribution in [0.2, 0.25) is 5.02 Å². The molecule has 0 aliphatic rings. The molecule has 0 atom stereocenters. The minimum atomic E-state index is -0.353. The number of hydrogen-bond donors (Lipinski definition) is 2. The minimum Gasteiger partial charge on any atom is -0.308 e. The van der Waals surface area contributed by atoms with Gasteiger partial charge in [-0.15, -0.1) is 0 Å². The molecule has 2 aromatic heterocycles. The number of pyridine rings is 1. The fraction of sp³-hybridized carbons (Fsp3) is 0.100. The van der Waals surface area contributed by atoms with E-state index in [4.69, 9.17) is 17.4 Å². The minimum absolute atomic E-state index is 0.353. The van der Waals surface area contributed by atoms with E-state index < -0.39 is 0 Å². The van der Waals surface area contributed by atoms with Crippen LogP contribution in [-0.2, 0) is 6.54 Å². The van der Waals surface area contributed by atoms with Gasteiger partial charge in [-0.25, -0.2) is 20.6 Å². The van der Waals surface area contributed by atoms with Crippen LogP contribution in [0.1, 0.15) is 5.56 Å². The van der Waals surface area contributed by atoms with Crippen LogP contribution in [0.15, 0.2) is 35.5 Å². The molecule has 0 bridgehead atoms. The number of nitrogens with zero attached hydrogens (tertiary/aromatic N) is 3. The van der Waals surface area contributed by atoms with Crippen LogP contribution in [0.5, 0.6) is 0 Å². The maximum atomic E-state index is 11.5. The van der Waals surface area contributed by atoms with Gasteiger partial charge in [-0.2, -0.15) is 0 Å². The first kappa shape index (κ1) is 11.6. The van der Waals surface area contributed by atoms with Crippen molar-refractivity contribution in [1.29, 1.82) is 0 Å². The molecule has 0 aromatic carbocycles. The van der Waals surface area contributed by atoms with E-state index in [-0.39, 0.29) is 5.69 Å². The highest BCUT2D eigenvalue weighted by molar-refractivity contribution is 6.30. The molecule has 0 radical (unpaired) electrons. The van der Waals surface area contributed by atoms with Gasteiger partial charge >= 0.3 is 5.69 Å². The summed E-state index contributed by atoms with van der Waals surface area (Å²) >= 11 is 5.77. The normalized spacial score (nSPS) is 10.2. The molecule has 2 aromatic rings. The summed E-state index contributed by atoms with van der Waals surface area (Å²) in [5, 5.41) is 0.413. The number of nitrogens with two attached hydrogens (primary N) is 1. The lowest BCUT2D eigenvalue weighted by Crippen LogP contribution is -2.22. The molecule has 2 rings (SSSR count). The Morgan fingerprint density at radius 2 is 2.29 bits per heavy atom. The molecule has 0 saturated carbocycles. The number of aromatic nitrogens is 3. The van der Waals surface area contributed by atoms with E-state index in [1.54, 1.807) is 18.3 Å². The second kappa shape index (κ2) is 4.94. The van der Waals surface area contributed by atoms with Crippen molar-refractivity contribution in [3.63, 3.8) is 0 Å². The van der Waals surface area contributed by atoms with Crippen LogP contribution in [0.4, 0.5) is 5.82 Å². The molecule has 7 heteroatoms. The lowest BCUT2D eigenvalue weighted by Gasteiger charge is -2.06. The molecule has 0 fully saturated rings. The van der Waals surface area contributed by atoms with Crippen LogP contribution in [0, 0.1) is 0 Å². The Morgan fingerprint density at radius 1 is 1.47 bits per heavy atom. The molecule has 0 amide bonds. The van der Waals surface area contributed by atoms with Crippen LogP contribution in [-0.4, -0.2) is 14.5 Å². The van der Waals surface area contributed by atoms with E-state index in [0.717, 1.165) is 5.56 Å². The molecule has 0 aliphatic heterocycles. The summed E-state index contributed by atoms with van der Waals surface area (Å²) < 4.78 is 1.41. The smallest absolute Gasteiger partial charge is 0.308 e. The molecular formula is C10H10ClN5O. The predicted molar refractivity (Wildman–Crippen MR) is 64.7 cm³/mol. The van der Waals surface area contributed by atoms with Gasteiger partial charge in [-0.05, 0) is 17.7 Å². The number of nitrogens with one attached hydrogen (secondary N) is 1. The quantitative estimate of drug-likeness (QED) is 0.617. The molecular weight excluding hydrogens is 242 g/mol. The average Bonchev–Trinajstić information content (AvgIpc) is 2.34. The van der Waals surface area contributed by atoms with Gasteiger partial charge in [0.15, 0.2) is 0 Å². The van der Waals surface area contributed by atoms with Gasteiger partial charge in [0.25, 0.3) is 0 Å². The molecule has 0 saturated heterocycles. The zero-order valence-electron chi connectivity index (χ0n) is 8.80. The molecule has 0 spiro atoms. The zero-order valence-corrected chi connectivity index (χ0v) is 9.55. The lowest BCUT2D eigenvalue weighted by molar-refractivity contribution is 0.726. The highest BCUT2D eigenvalue weighted by Gasteiger charge is 2.01. The Morgan fingerprint density at radius 3 is 3.06 bits per heavy atom. The third-order valence-corrected chi connectivity index (χ3v) is 2.34. The number of hydrogen-bond acceptors (Lipinski definition) is 5. The number of rotatable bonds is 3. The molecule has 2 heterocycles. The fourth-order valence-corrected chi connectivity index (χ4v) is 1.56. The van der Waals surface area contributed by atoms with Crippen molar-refractivity contribution in [3.05, 3.63) is 51.8 Å². The van der Waals surface area contributed by atoms with Crippen molar-refractivity contribution in [1.82, 2.24) is 14.5 Å². The first-order valence-corrected chi connectivity index (χ1v) is 5.20. The van der Waals surface area contributed by atoms with Crippen molar-refractivity contribution in [2.24, 2.45) is 5.84 Å². The Labute approximate surface area is 102 Å². The van der Waals surface area contributed by atoms with Gasteiger partial charge in [0.2, 0.25) is 0 Å². The molecule has 6 nitrogen and oxygen atoms in total. The van der Waals surface area contributed by atoms with Crippen molar-refractivity contribution in [3.8, 4) is 0 Å². The summed E-state index contributed by atoms with van der Waals surface area (Å²) in [6, 6.07) is 3.53. The maximum Gasteiger partial charge on any atom is 0.347 e. The molecule has 88 valence electrons. The predicted octanol–water partition coefficient (Wildman–Crippen LogP) is 0.626. The molecule has 0 unspecified atom stereocenters. The second-order valence-electron chi connectivity index (χ2n) is 3.38. The number of halogens is 1. The van der Waals surface area contributed by atoms with Crippen LogP contribution >= 0.6 is 11.6 Å². The zero-order chi connectivity index (χ0) is 12.3. The van der Waals surface area contributed by atoms with Gasteiger partial charge in [-0.1, -0.05) is 11.6 Å². The van der Waals surface area contributed by atoms with Crippen molar-refractivity contribution in [2.45, 2.75) is 6.54 Å². The maximum absolute atomic E-state index is 11.5. The number of anilines is 1. The van der Waals surface area contributed by atoms with E-state index in [1.807, 2.05) is 0 Å². The molecule has 3 N–H and O–H groups in total. The van der Waals surface area contributed by atoms with Crippen LogP contribution in [0.3, 0.4) is 0 Å². The third-order valence-electron chi connectivity index (χ3n) is 2.15. The van der Waals surface area contributed by atoms with Crippen molar-refractivity contribution in [2.75, 3.05) is 5.43 Å². The van der Waals surface area contributed by atoms with E-state index in [9.17, 15) is 4.79 Å². The first-order chi connectivity index (χ1) is 8.19. The first-order valence-electron chi connectivity index (χ1n) is 4.82. The number of nitrogen functional groups attached to an aromatic ring is 1. The summed E-state index contributed by atoms with van der Waals surface area (Å²) in [6.07, 6.45) is 4.46. The standard InChI is InChI=1S/C10H10ClN5O/c11-8-4-14-10(17)16(6-8)5-7-1-2-13-9(3-7)15-12/h1-4,6H,5,12H2,(H,13,15). The highest BCUT2D eigenvalue weighted by atomic mass is 35.5. The van der Waals surface area contributed by atoms with Gasteiger partial charge in [-0.3, -0.25) is 4.57 Å². The summed E-state index contributed by atoms with van der Waals surface area (Å²) in [5.74, 6) is 5.78. The Balaban J connectivity index is 2.31. The summed E-state index contributed by atoms with van der Waals surface area (Å²) in [6.45, 7) is 0.365. The van der Waals surface area contributed by atoms with Crippen LogP contribution < -0.4 is 17.0 Å². The Hall–Kier alpha value is -1.92. The SMILES string of the molecule is NNc1cc(Cn2cc(Cl)cnc2=O)ccn1. The van der Waals surface area contributed by atoms with Gasteiger partial charge in [0.1, 0.15) is 5.82 Å². The molecule has 17 heavy (non-hydrogen) atoms. The van der Waals surface area contributed by atoms with E-state index in [2.05, 4.69) is 15.4 Å². The lowest BCUT2D eigenvalue weighted by atomic mass is 10.2. The average molecular weight is 252 g/mol. The van der Waals surface area contributed by atoms with Gasteiger partial charge in [0.05, 0.1) is 17.8 Å².